The highest BCUT2D eigenvalue weighted by molar-refractivity contribution is 5.41. The first-order valence-electron chi connectivity index (χ1n) is 12.4. The lowest BCUT2D eigenvalue weighted by Gasteiger charge is -2.40. The Morgan fingerprint density at radius 1 is 1.18 bits per heavy atom. The fourth-order valence-corrected chi connectivity index (χ4v) is 5.76. The molecule has 2 aliphatic heterocycles. The van der Waals surface area contributed by atoms with Crippen LogP contribution in [0.4, 0.5) is 5.82 Å². The molecule has 2 N–H and O–H groups in total. The van der Waals surface area contributed by atoms with E-state index in [1.165, 1.54) is 12.8 Å². The Bertz CT molecular complexity index is 950. The van der Waals surface area contributed by atoms with E-state index in [0.29, 0.717) is 24.1 Å². The second-order valence-electron chi connectivity index (χ2n) is 10.5. The van der Waals surface area contributed by atoms with Crippen molar-refractivity contribution in [3.8, 4) is 0 Å². The van der Waals surface area contributed by atoms with Crippen molar-refractivity contribution in [2.45, 2.75) is 82.3 Å². The van der Waals surface area contributed by atoms with Gasteiger partial charge in [-0.25, -0.2) is 20.4 Å². The third-order valence-electron chi connectivity index (χ3n) is 8.01. The number of hydrogen-bond acceptors (Lipinski definition) is 9. The Kier molecular flexibility index (Phi) is 5.60. The molecule has 178 valence electrons. The van der Waals surface area contributed by atoms with Crippen LogP contribution in [0.1, 0.15) is 63.6 Å². The third kappa shape index (κ3) is 4.51. The van der Waals surface area contributed by atoms with E-state index in [1.54, 1.807) is 18.8 Å². The zero-order valence-electron chi connectivity index (χ0n) is 19.6. The SMILES string of the molecule is C[C@H]1CN(c2cc(C3NNC4CCC(OC5(C)CC5)CC43)ncn2)CCN1Cc1ncco1. The summed E-state index contributed by atoms with van der Waals surface area (Å²) in [4.78, 5) is 18.4. The van der Waals surface area contributed by atoms with Gasteiger partial charge in [-0.1, -0.05) is 0 Å². The van der Waals surface area contributed by atoms with E-state index < -0.39 is 0 Å². The maximum Gasteiger partial charge on any atom is 0.208 e. The Balaban J connectivity index is 1.12. The molecule has 9 heteroatoms. The molecule has 5 atom stereocenters. The predicted molar refractivity (Wildman–Crippen MR) is 123 cm³/mol. The topological polar surface area (TPSA) is 91.6 Å². The molecule has 0 radical (unpaired) electrons. The largest absolute Gasteiger partial charge is 0.448 e. The van der Waals surface area contributed by atoms with Crippen molar-refractivity contribution >= 4 is 5.82 Å². The van der Waals surface area contributed by atoms with Gasteiger partial charge in [0, 0.05) is 43.7 Å². The highest BCUT2D eigenvalue weighted by Crippen LogP contribution is 2.45. The van der Waals surface area contributed by atoms with Crippen LogP contribution in [0.25, 0.3) is 0 Å². The van der Waals surface area contributed by atoms with E-state index in [0.717, 1.165) is 62.8 Å². The van der Waals surface area contributed by atoms with Crippen molar-refractivity contribution in [3.63, 3.8) is 0 Å². The monoisotopic (exact) mass is 453 g/mol. The van der Waals surface area contributed by atoms with E-state index in [4.69, 9.17) is 14.1 Å². The average molecular weight is 454 g/mol. The van der Waals surface area contributed by atoms with Crippen LogP contribution in [0.15, 0.2) is 29.3 Å². The molecule has 0 amide bonds. The van der Waals surface area contributed by atoms with Crippen LogP contribution in [-0.2, 0) is 11.3 Å². The minimum atomic E-state index is 0.139. The smallest absolute Gasteiger partial charge is 0.208 e. The summed E-state index contributed by atoms with van der Waals surface area (Å²) in [5, 5.41) is 0. The third-order valence-corrected chi connectivity index (χ3v) is 8.01. The summed E-state index contributed by atoms with van der Waals surface area (Å²) in [6, 6.07) is 3.25. The van der Waals surface area contributed by atoms with Gasteiger partial charge >= 0.3 is 0 Å². The van der Waals surface area contributed by atoms with Crippen molar-refractivity contribution in [1.29, 1.82) is 0 Å². The molecule has 2 aromatic rings. The quantitative estimate of drug-likeness (QED) is 0.684. The number of nitrogens with one attached hydrogen (secondary N) is 2. The summed E-state index contributed by atoms with van der Waals surface area (Å²) in [6.45, 7) is 8.07. The van der Waals surface area contributed by atoms with Gasteiger partial charge in [0.05, 0.1) is 36.2 Å². The van der Waals surface area contributed by atoms with Crippen LogP contribution in [-0.4, -0.2) is 63.3 Å². The van der Waals surface area contributed by atoms with E-state index in [1.807, 2.05) is 0 Å². The average Bonchev–Trinajstić information content (AvgIpc) is 3.18. The molecule has 4 heterocycles. The molecule has 4 fully saturated rings. The van der Waals surface area contributed by atoms with Crippen molar-refractivity contribution in [3.05, 3.63) is 36.4 Å². The summed E-state index contributed by atoms with van der Waals surface area (Å²) in [6.07, 6.45) is 11.2. The lowest BCUT2D eigenvalue weighted by molar-refractivity contribution is -0.0500. The zero-order chi connectivity index (χ0) is 22.4. The molecule has 0 spiro atoms. The van der Waals surface area contributed by atoms with Crippen LogP contribution in [0, 0.1) is 5.92 Å². The number of hydrogen-bond donors (Lipinski definition) is 2. The molecule has 0 aromatic carbocycles. The lowest BCUT2D eigenvalue weighted by atomic mass is 9.79. The first-order valence-corrected chi connectivity index (χ1v) is 12.4. The van der Waals surface area contributed by atoms with Gasteiger partial charge in [0.2, 0.25) is 5.89 Å². The van der Waals surface area contributed by atoms with Gasteiger partial charge in [0.1, 0.15) is 18.4 Å². The summed E-state index contributed by atoms with van der Waals surface area (Å²) < 4.78 is 11.9. The number of anilines is 1. The van der Waals surface area contributed by atoms with Crippen LogP contribution in [0.3, 0.4) is 0 Å². The lowest BCUT2D eigenvalue weighted by Crippen LogP contribution is -2.51. The molecule has 2 aromatic heterocycles. The van der Waals surface area contributed by atoms with Gasteiger partial charge in [-0.2, -0.15) is 0 Å². The number of rotatable bonds is 6. The minimum absolute atomic E-state index is 0.139. The fourth-order valence-electron chi connectivity index (χ4n) is 5.76. The van der Waals surface area contributed by atoms with E-state index in [2.05, 4.69) is 50.5 Å². The standard InChI is InChI=1S/C24H35N7O2/c1-16-13-31(9-8-30(16)14-22-25-7-10-32-22)21-12-20(26-15-27-21)23-18-11-17(33-24(2)5-6-24)3-4-19(18)28-29-23/h7,10,12,15-19,23,28-29H,3-6,8-9,11,13-14H2,1-2H3/t16-,17?,18?,19?,23?/m0/s1. The van der Waals surface area contributed by atoms with Gasteiger partial charge in [-0.05, 0) is 46.0 Å². The first-order chi connectivity index (χ1) is 16.1. The van der Waals surface area contributed by atoms with Crippen LogP contribution < -0.4 is 15.8 Å². The summed E-state index contributed by atoms with van der Waals surface area (Å²) in [5.41, 5.74) is 8.30. The van der Waals surface area contributed by atoms with Crippen molar-refractivity contribution in [2.24, 2.45) is 5.92 Å². The molecule has 2 aliphatic carbocycles. The molecule has 2 saturated heterocycles. The molecule has 0 bridgehead atoms. The fraction of sp³-hybridized carbons (Fsp3) is 0.708. The van der Waals surface area contributed by atoms with Gasteiger partial charge in [-0.15, -0.1) is 0 Å². The van der Waals surface area contributed by atoms with Crippen LogP contribution >= 0.6 is 0 Å². The number of fused-ring (bicyclic) bond motifs is 1. The number of aromatic nitrogens is 3. The highest BCUT2D eigenvalue weighted by Gasteiger charge is 2.46. The molecular weight excluding hydrogens is 418 g/mol. The number of hydrazine groups is 1. The first kappa shape index (κ1) is 21.5. The predicted octanol–water partition coefficient (Wildman–Crippen LogP) is 2.43. The van der Waals surface area contributed by atoms with Gasteiger partial charge < -0.3 is 14.1 Å². The number of nitrogens with zero attached hydrogens (tertiary/aromatic N) is 5. The Labute approximate surface area is 195 Å². The van der Waals surface area contributed by atoms with Crippen LogP contribution in [0.5, 0.6) is 0 Å². The van der Waals surface area contributed by atoms with Crippen LogP contribution in [0.2, 0.25) is 0 Å². The number of piperazine rings is 1. The molecule has 33 heavy (non-hydrogen) atoms. The molecule has 4 aliphatic rings. The van der Waals surface area contributed by atoms with E-state index >= 15 is 0 Å². The number of ether oxygens (including phenoxy) is 1. The van der Waals surface area contributed by atoms with Gasteiger partial charge in [-0.3, -0.25) is 10.3 Å². The summed E-state index contributed by atoms with van der Waals surface area (Å²) in [7, 11) is 0. The Morgan fingerprint density at radius 3 is 2.88 bits per heavy atom. The van der Waals surface area contributed by atoms with E-state index in [-0.39, 0.29) is 11.6 Å². The Hall–Kier alpha value is -2.07. The van der Waals surface area contributed by atoms with Crippen molar-refractivity contribution < 1.29 is 9.15 Å². The second-order valence-corrected chi connectivity index (χ2v) is 10.5. The second kappa shape index (κ2) is 8.61. The zero-order valence-corrected chi connectivity index (χ0v) is 19.6. The molecule has 9 nitrogen and oxygen atoms in total. The van der Waals surface area contributed by atoms with Gasteiger partial charge in [0.25, 0.3) is 0 Å². The molecule has 2 saturated carbocycles. The Morgan fingerprint density at radius 2 is 2.09 bits per heavy atom. The minimum Gasteiger partial charge on any atom is -0.448 e. The van der Waals surface area contributed by atoms with Crippen molar-refractivity contribution in [1.82, 2.24) is 30.7 Å². The maximum atomic E-state index is 6.45. The highest BCUT2D eigenvalue weighted by atomic mass is 16.5. The molecule has 6 rings (SSSR count). The van der Waals surface area contributed by atoms with E-state index in [9.17, 15) is 0 Å². The number of oxazole rings is 1. The molecular formula is C24H35N7O2. The van der Waals surface area contributed by atoms with Crippen molar-refractivity contribution in [2.75, 3.05) is 24.5 Å². The maximum absolute atomic E-state index is 6.45. The normalized spacial score (nSPS) is 33.8. The summed E-state index contributed by atoms with van der Waals surface area (Å²) >= 11 is 0. The molecule has 4 unspecified atom stereocenters. The summed E-state index contributed by atoms with van der Waals surface area (Å²) in [5.74, 6) is 2.28. The van der Waals surface area contributed by atoms with Gasteiger partial charge in [0.15, 0.2) is 0 Å².